The van der Waals surface area contributed by atoms with E-state index < -0.39 is 0 Å². The Kier molecular flexibility index (Phi) is 2.36. The molecule has 0 aliphatic heterocycles. The molecular formula is C7H8BrCl. The third-order valence-corrected chi connectivity index (χ3v) is 2.06. The summed E-state index contributed by atoms with van der Waals surface area (Å²) >= 11 is 9.23. The van der Waals surface area contributed by atoms with Crippen molar-refractivity contribution in [2.24, 2.45) is 0 Å². The molecule has 0 saturated heterocycles. The Labute approximate surface area is 68.7 Å². The van der Waals surface area contributed by atoms with Gasteiger partial charge in [-0.2, -0.15) is 0 Å². The molecule has 0 nitrogen and oxygen atoms in total. The lowest BCUT2D eigenvalue weighted by molar-refractivity contribution is 0.988. The summed E-state index contributed by atoms with van der Waals surface area (Å²) < 4.78 is 0. The Morgan fingerprint density at radius 3 is 2.89 bits per heavy atom. The molecule has 9 heavy (non-hydrogen) atoms. The summed E-state index contributed by atoms with van der Waals surface area (Å²) in [7, 11) is 0. The van der Waals surface area contributed by atoms with Gasteiger partial charge in [-0.3, -0.25) is 0 Å². The minimum Gasteiger partial charge on any atom is -0.0847 e. The normalized spacial score (nSPS) is 27.2. The van der Waals surface area contributed by atoms with Crippen LogP contribution >= 0.6 is 27.5 Å². The van der Waals surface area contributed by atoms with Crippen LogP contribution in [0.2, 0.25) is 0 Å². The Morgan fingerprint density at radius 1 is 1.78 bits per heavy atom. The summed E-state index contributed by atoms with van der Waals surface area (Å²) in [5.74, 6) is 0. The van der Waals surface area contributed by atoms with Gasteiger partial charge in [0.25, 0.3) is 0 Å². The van der Waals surface area contributed by atoms with Gasteiger partial charge in [-0.15, -0.1) is 0 Å². The van der Waals surface area contributed by atoms with E-state index in [4.69, 9.17) is 11.6 Å². The van der Waals surface area contributed by atoms with E-state index >= 15 is 0 Å². The van der Waals surface area contributed by atoms with Crippen LogP contribution in [0.25, 0.3) is 0 Å². The van der Waals surface area contributed by atoms with Crippen molar-refractivity contribution in [2.75, 3.05) is 0 Å². The fourth-order valence-corrected chi connectivity index (χ4v) is 2.17. The molecule has 50 valence electrons. The largest absolute Gasteiger partial charge is 0.0847 e. The topological polar surface area (TPSA) is 0 Å². The molecule has 1 aliphatic rings. The van der Waals surface area contributed by atoms with Crippen molar-refractivity contribution in [1.29, 1.82) is 0 Å². The van der Waals surface area contributed by atoms with Crippen LogP contribution in [-0.4, -0.2) is 4.83 Å². The third-order valence-electron chi connectivity index (χ3n) is 1.24. The Morgan fingerprint density at radius 2 is 2.44 bits per heavy atom. The zero-order chi connectivity index (χ0) is 6.85. The number of halogens is 2. The first-order valence-electron chi connectivity index (χ1n) is 2.87. The molecule has 0 aromatic rings. The molecule has 0 aromatic carbocycles. The first-order chi connectivity index (χ1) is 4.18. The minimum absolute atomic E-state index is 0.440. The van der Waals surface area contributed by atoms with Crippen LogP contribution in [0.1, 0.15) is 13.3 Å². The second kappa shape index (κ2) is 2.89. The molecule has 0 radical (unpaired) electrons. The molecule has 0 heterocycles. The zero-order valence-corrected chi connectivity index (χ0v) is 7.54. The van der Waals surface area contributed by atoms with E-state index in [1.54, 1.807) is 0 Å². The van der Waals surface area contributed by atoms with Crippen molar-refractivity contribution < 1.29 is 0 Å². The molecule has 1 unspecified atom stereocenters. The van der Waals surface area contributed by atoms with Gasteiger partial charge in [0.15, 0.2) is 0 Å². The maximum Gasteiger partial charge on any atom is 0.0379 e. The predicted molar refractivity (Wildman–Crippen MR) is 45.0 cm³/mol. The van der Waals surface area contributed by atoms with Crippen LogP contribution < -0.4 is 0 Å². The maximum absolute atomic E-state index is 5.76. The lowest BCUT2D eigenvalue weighted by atomic mass is 10.1. The molecule has 1 rings (SSSR count). The minimum atomic E-state index is 0.440. The van der Waals surface area contributed by atoms with E-state index in [1.165, 1.54) is 5.57 Å². The van der Waals surface area contributed by atoms with Crippen LogP contribution in [0.5, 0.6) is 0 Å². The Balaban J connectivity index is 2.74. The van der Waals surface area contributed by atoms with Crippen molar-refractivity contribution in [2.45, 2.75) is 18.2 Å². The SMILES string of the molecule is CC1=CC(Cl)=CC(Br)C1. The Bertz CT molecular complexity index is 170. The molecule has 0 saturated carbocycles. The van der Waals surface area contributed by atoms with Crippen LogP contribution in [-0.2, 0) is 0 Å². The molecule has 0 aromatic heterocycles. The van der Waals surface area contributed by atoms with Gasteiger partial charge in [-0.1, -0.05) is 39.2 Å². The van der Waals surface area contributed by atoms with E-state index in [1.807, 2.05) is 12.2 Å². The Hall–Kier alpha value is 0.250. The quantitative estimate of drug-likeness (QED) is 0.535. The zero-order valence-electron chi connectivity index (χ0n) is 5.20. The van der Waals surface area contributed by atoms with E-state index in [-0.39, 0.29) is 0 Å². The van der Waals surface area contributed by atoms with Gasteiger partial charge in [0.05, 0.1) is 0 Å². The highest BCUT2D eigenvalue weighted by Crippen LogP contribution is 2.24. The van der Waals surface area contributed by atoms with Crippen LogP contribution in [0.15, 0.2) is 22.8 Å². The lowest BCUT2D eigenvalue weighted by Crippen LogP contribution is -1.98. The van der Waals surface area contributed by atoms with Crippen LogP contribution in [0.3, 0.4) is 0 Å². The molecule has 1 aliphatic carbocycles. The number of hydrogen-bond donors (Lipinski definition) is 0. The molecule has 0 amide bonds. The van der Waals surface area contributed by atoms with Gasteiger partial charge >= 0.3 is 0 Å². The predicted octanol–water partition coefficient (Wildman–Crippen LogP) is 3.22. The summed E-state index contributed by atoms with van der Waals surface area (Å²) in [5, 5.41) is 0.848. The second-order valence-electron chi connectivity index (χ2n) is 2.26. The fourth-order valence-electron chi connectivity index (χ4n) is 0.882. The summed E-state index contributed by atoms with van der Waals surface area (Å²) in [4.78, 5) is 0.440. The van der Waals surface area contributed by atoms with E-state index in [0.29, 0.717) is 4.83 Å². The highest BCUT2D eigenvalue weighted by molar-refractivity contribution is 9.09. The van der Waals surface area contributed by atoms with Crippen molar-refractivity contribution in [3.8, 4) is 0 Å². The highest BCUT2D eigenvalue weighted by atomic mass is 79.9. The molecule has 2 heteroatoms. The molecule has 0 bridgehead atoms. The van der Waals surface area contributed by atoms with E-state index in [0.717, 1.165) is 11.5 Å². The van der Waals surface area contributed by atoms with E-state index in [2.05, 4.69) is 22.9 Å². The van der Waals surface area contributed by atoms with Crippen molar-refractivity contribution in [3.63, 3.8) is 0 Å². The highest BCUT2D eigenvalue weighted by Gasteiger charge is 2.07. The number of hydrogen-bond acceptors (Lipinski definition) is 0. The smallest absolute Gasteiger partial charge is 0.0379 e. The molecule has 0 spiro atoms. The van der Waals surface area contributed by atoms with Crippen molar-refractivity contribution in [1.82, 2.24) is 0 Å². The van der Waals surface area contributed by atoms with Gasteiger partial charge in [-0.25, -0.2) is 0 Å². The van der Waals surface area contributed by atoms with Gasteiger partial charge in [0, 0.05) is 9.86 Å². The van der Waals surface area contributed by atoms with Crippen molar-refractivity contribution >= 4 is 27.5 Å². The summed E-state index contributed by atoms with van der Waals surface area (Å²) in [5.41, 5.74) is 1.34. The van der Waals surface area contributed by atoms with Crippen LogP contribution in [0.4, 0.5) is 0 Å². The maximum atomic E-state index is 5.76. The van der Waals surface area contributed by atoms with Crippen LogP contribution in [0, 0.1) is 0 Å². The first-order valence-corrected chi connectivity index (χ1v) is 4.16. The summed E-state index contributed by atoms with van der Waals surface area (Å²) in [6.07, 6.45) is 5.09. The monoisotopic (exact) mass is 206 g/mol. The number of alkyl halides is 1. The fraction of sp³-hybridized carbons (Fsp3) is 0.429. The first kappa shape index (κ1) is 7.36. The average Bonchev–Trinajstić information content (AvgIpc) is 1.59. The summed E-state index contributed by atoms with van der Waals surface area (Å²) in [6.45, 7) is 2.09. The average molecular weight is 207 g/mol. The molecular weight excluding hydrogens is 199 g/mol. The van der Waals surface area contributed by atoms with Gasteiger partial charge in [0.2, 0.25) is 0 Å². The van der Waals surface area contributed by atoms with E-state index in [9.17, 15) is 0 Å². The molecule has 0 N–H and O–H groups in total. The van der Waals surface area contributed by atoms with Crippen molar-refractivity contribution in [3.05, 3.63) is 22.8 Å². The molecule has 0 fully saturated rings. The van der Waals surface area contributed by atoms with Gasteiger partial charge < -0.3 is 0 Å². The second-order valence-corrected chi connectivity index (χ2v) is 3.87. The number of allylic oxidation sites excluding steroid dienone is 4. The number of rotatable bonds is 0. The molecule has 1 atom stereocenters. The standard InChI is InChI=1S/C7H8BrCl/c1-5-2-6(8)4-7(9)3-5/h3-4,6H,2H2,1H3. The lowest BCUT2D eigenvalue weighted by Gasteiger charge is -2.10. The van der Waals surface area contributed by atoms with Gasteiger partial charge in [0.1, 0.15) is 0 Å². The third kappa shape index (κ3) is 2.15. The van der Waals surface area contributed by atoms with Gasteiger partial charge in [-0.05, 0) is 19.4 Å². The summed E-state index contributed by atoms with van der Waals surface area (Å²) in [6, 6.07) is 0.